The second kappa shape index (κ2) is 61.3. The normalized spacial score (nSPS) is 16.3. The van der Waals surface area contributed by atoms with Gasteiger partial charge in [0.15, 0.2) is 0 Å². The molecule has 31 nitrogen and oxygen atoms in total. The molecule has 792 valence electrons. The van der Waals surface area contributed by atoms with Crippen molar-refractivity contribution in [1.29, 1.82) is 0 Å². The Balaban J connectivity index is 0.000000191. The summed E-state index contributed by atoms with van der Waals surface area (Å²) in [5.74, 6) is -9.59. The zero-order chi connectivity index (χ0) is 107. The summed E-state index contributed by atoms with van der Waals surface area (Å²) in [4.78, 5) is 194. The third-order valence-corrected chi connectivity index (χ3v) is 29.1. The number of hydrogen-bond acceptors (Lipinski definition) is 24. The minimum atomic E-state index is -4.34. The Hall–Kier alpha value is -14.5. The van der Waals surface area contributed by atoms with Crippen LogP contribution in [-0.2, 0) is 172 Å². The maximum atomic E-state index is 12.8. The van der Waals surface area contributed by atoms with Gasteiger partial charge in [-0.25, -0.2) is 40.8 Å². The lowest BCUT2D eigenvalue weighted by Crippen LogP contribution is -2.53. The number of benzene rings is 9. The Labute approximate surface area is 873 Å². The van der Waals surface area contributed by atoms with Crippen molar-refractivity contribution in [2.24, 2.45) is 5.41 Å². The van der Waals surface area contributed by atoms with E-state index in [1.165, 1.54) is 31.4 Å². The zero-order valence-corrected chi connectivity index (χ0v) is 86.7. The zero-order valence-electron chi connectivity index (χ0n) is 85.1. The summed E-state index contributed by atoms with van der Waals surface area (Å²) < 4.78 is 76.7. The largest absolute Gasteiger partial charge is 0.464 e. The Morgan fingerprint density at radius 2 is 0.470 bits per heavy atom. The van der Waals surface area contributed by atoms with Gasteiger partial charge in [-0.2, -0.15) is 0 Å². The number of aryl methyl sites for hydroxylation is 5. The molecule has 5 aliphatic rings. The third-order valence-electron chi connectivity index (χ3n) is 26.1. The van der Waals surface area contributed by atoms with Gasteiger partial charge < -0.3 is 58.8 Å². The molecule has 0 saturated carbocycles. The van der Waals surface area contributed by atoms with Crippen molar-refractivity contribution in [1.82, 2.24) is 35.1 Å². The first-order valence-electron chi connectivity index (χ1n) is 51.3. The van der Waals surface area contributed by atoms with Gasteiger partial charge in [-0.3, -0.25) is 47.9 Å². The van der Waals surface area contributed by atoms with Crippen LogP contribution in [-0.4, -0.2) is 225 Å². The fraction of sp³-hybridized carbons (Fsp3) is 0.405. The molecule has 9 aromatic rings. The van der Waals surface area contributed by atoms with E-state index in [4.69, 9.17) is 23.7 Å². The average molecular weight is 2080 g/mol. The topological polar surface area (TPSA) is 411 Å². The van der Waals surface area contributed by atoms with Gasteiger partial charge in [-0.1, -0.05) is 294 Å². The number of piperidine rings is 3. The number of ketones is 1. The van der Waals surface area contributed by atoms with E-state index in [-0.39, 0.29) is 39.4 Å². The molecule has 2 N–H and O–H groups in total. The highest BCUT2D eigenvalue weighted by molar-refractivity contribution is 8.07. The van der Waals surface area contributed by atoms with Crippen LogP contribution in [0.1, 0.15) is 193 Å². The Bertz CT molecular complexity index is 6080. The number of nitrogens with one attached hydrogen (secondary N) is 2. The first kappa shape index (κ1) is 116. The van der Waals surface area contributed by atoms with Crippen LogP contribution in [0.2, 0.25) is 0 Å². The Morgan fingerprint density at radius 1 is 0.268 bits per heavy atom. The molecule has 0 aromatic heterocycles. The molecule has 7 amide bonds. The molecule has 0 aliphatic carbocycles. The number of ether oxygens (including phenoxy) is 5. The lowest BCUT2D eigenvalue weighted by atomic mass is 9.84. The van der Waals surface area contributed by atoms with E-state index >= 15 is 0 Å². The summed E-state index contributed by atoms with van der Waals surface area (Å²) >= 11 is 0. The summed E-state index contributed by atoms with van der Waals surface area (Å²) in [5, 5.41) is 2.30. The Morgan fingerprint density at radius 3 is 0.705 bits per heavy atom. The summed E-state index contributed by atoms with van der Waals surface area (Å²) in [5.41, 5.74) is 7.79. The number of hydrogen-bond donors (Lipinski definition) is 2. The highest BCUT2D eigenvalue weighted by Crippen LogP contribution is 2.29. The standard InChI is InChI=1S/C24H28N2O4.C24H27NO6S.C23H26N2O4.C23H25NO6S.C22H31NO4/c27-22(25-18-20-12-5-2-6-13-20)23(28)26-16-8-7-15-21(26)24(29)30-17-9-14-19-10-3-1-4-11-19;26-22(24(28)32(29,30)18-20-12-5-2-6-13-20)25-16-8-7-15-21(25)23(27)31-17-9-14-19-10-3-1-4-11-19;26-21(24-17-19-11-5-2-6-12-19)22(27)25-15-7-14-20(25)23(28)29-16-8-13-18-9-3-1-4-10-18;25-21(23(27)31(28,29)17-19-11-5-2-6-12-19)24-15-7-14-20(24)22(26)30-16-8-13-18-9-3-1-4-10-18;1-4-22(2,3)19(24)20(25)23-15-9-8-14-18(23)21(26)27-16-10-13-17-11-6-5-7-12-17/h1-6,10-13,21H,7-9,14-18H2,(H,25,27);1-6,10-13,21H,7-9,14-18H2;1-6,9-12,20H,7-8,13-17H2,(H,24,26);1-6,9-12,20H,7-8,13-17H2;5-7,11-12,18H,4,8-10,13-16H2,1-3H3/t2*21-;2*20-;18-/m00000/s1. The number of likely N-dealkylation sites (tertiary alicyclic amines) is 5. The van der Waals surface area contributed by atoms with Gasteiger partial charge in [0.1, 0.15) is 30.2 Å². The van der Waals surface area contributed by atoms with Crippen molar-refractivity contribution in [2.75, 3.05) is 65.8 Å². The Kier molecular flexibility index (Phi) is 47.9. The van der Waals surface area contributed by atoms with E-state index in [0.717, 1.165) is 96.3 Å². The molecule has 149 heavy (non-hydrogen) atoms. The van der Waals surface area contributed by atoms with Gasteiger partial charge in [0, 0.05) is 51.2 Å². The van der Waals surface area contributed by atoms with Gasteiger partial charge in [0.2, 0.25) is 25.5 Å². The van der Waals surface area contributed by atoms with E-state index in [1.54, 1.807) is 74.5 Å². The minimum Gasteiger partial charge on any atom is -0.464 e. The van der Waals surface area contributed by atoms with Crippen LogP contribution in [0.5, 0.6) is 0 Å². The molecular formula is C116H137N7O24S2. The third kappa shape index (κ3) is 38.0. The number of carbonyl (C=O) groups excluding carboxylic acids is 15. The van der Waals surface area contributed by atoms with Gasteiger partial charge in [-0.05, 0) is 204 Å². The minimum absolute atomic E-state index is 0.148. The molecule has 0 bridgehead atoms. The van der Waals surface area contributed by atoms with Crippen LogP contribution in [0.4, 0.5) is 0 Å². The molecule has 5 saturated heterocycles. The molecule has 5 fully saturated rings. The molecule has 0 unspecified atom stereocenters. The first-order valence-corrected chi connectivity index (χ1v) is 54.6. The number of Topliss-reactive ketones (excluding diaryl/α,β-unsaturated/α-hetero) is 1. The highest BCUT2D eigenvalue weighted by Gasteiger charge is 2.46. The van der Waals surface area contributed by atoms with Gasteiger partial charge in [0.25, 0.3) is 5.91 Å². The van der Waals surface area contributed by atoms with Crippen LogP contribution >= 0.6 is 0 Å². The van der Waals surface area contributed by atoms with E-state index in [0.29, 0.717) is 140 Å². The number of nitrogens with zero attached hydrogens (tertiary/aromatic N) is 5. The predicted molar refractivity (Wildman–Crippen MR) is 560 cm³/mol. The van der Waals surface area contributed by atoms with E-state index in [9.17, 15) is 88.8 Å². The predicted octanol–water partition coefficient (Wildman–Crippen LogP) is 13.9. The maximum absolute atomic E-state index is 12.8. The fourth-order valence-electron chi connectivity index (χ4n) is 17.5. The molecule has 0 radical (unpaired) electrons. The van der Waals surface area contributed by atoms with E-state index in [2.05, 4.69) is 10.6 Å². The second-order valence-electron chi connectivity index (χ2n) is 37.6. The molecule has 5 heterocycles. The summed E-state index contributed by atoms with van der Waals surface area (Å²) in [6.07, 6.45) is 16.0. The van der Waals surface area contributed by atoms with Crippen LogP contribution in [0, 0.1) is 5.41 Å². The number of esters is 5. The lowest BCUT2D eigenvalue weighted by molar-refractivity contribution is -0.161. The molecule has 9 aromatic carbocycles. The quantitative estimate of drug-likeness (QED) is 0.0159. The number of amides is 7. The van der Waals surface area contributed by atoms with Crippen LogP contribution in [0.3, 0.4) is 0 Å². The summed E-state index contributed by atoms with van der Waals surface area (Å²) in [6.45, 7) is 8.78. The van der Waals surface area contributed by atoms with Gasteiger partial charge >= 0.3 is 75.5 Å². The van der Waals surface area contributed by atoms with Crippen molar-refractivity contribution in [3.8, 4) is 0 Å². The van der Waals surface area contributed by atoms with E-state index < -0.39 is 154 Å². The van der Waals surface area contributed by atoms with Crippen molar-refractivity contribution in [3.05, 3.63) is 323 Å². The average Bonchev–Trinajstić information content (AvgIpc) is 0.945. The molecular weight excluding hydrogens is 1940 g/mol. The van der Waals surface area contributed by atoms with Crippen LogP contribution in [0.15, 0.2) is 273 Å². The molecule has 0 spiro atoms. The highest BCUT2D eigenvalue weighted by atomic mass is 32.2. The number of carbonyl (C=O) groups is 15. The second-order valence-corrected chi connectivity index (χ2v) is 41.4. The molecule has 14 rings (SSSR count). The SMILES string of the molecule is CCC(C)(C)C(=O)C(=O)N1CCCC[C@H]1C(=O)OCCCc1ccccc1.O=C(NCc1ccccc1)C(=O)N1CCCC[C@H]1C(=O)OCCCc1ccccc1.O=C(NCc1ccccc1)C(=O)N1CCC[C@H]1C(=O)OCCCc1ccccc1.O=C(OCCCc1ccccc1)[C@@H]1CCCCN1C(=O)C(=O)S(=O)(=O)Cc1ccccc1.O=C(OCCCc1ccccc1)[C@@H]1CCCN1C(=O)C(=O)S(=O)(=O)Cc1ccccc1. The van der Waals surface area contributed by atoms with Gasteiger partial charge in [-0.15, -0.1) is 0 Å². The van der Waals surface area contributed by atoms with E-state index in [1.807, 2.05) is 219 Å². The maximum Gasteiger partial charge on any atom is 0.334 e. The van der Waals surface area contributed by atoms with Crippen molar-refractivity contribution in [2.45, 2.75) is 230 Å². The number of rotatable bonds is 36. The first-order chi connectivity index (χ1) is 71.9. The van der Waals surface area contributed by atoms with Gasteiger partial charge in [0.05, 0.1) is 44.5 Å². The lowest BCUT2D eigenvalue weighted by Gasteiger charge is -2.35. The van der Waals surface area contributed by atoms with Crippen molar-refractivity contribution < 1.29 is 112 Å². The summed E-state index contributed by atoms with van der Waals surface area (Å²) in [7, 11) is -8.68. The summed E-state index contributed by atoms with van der Waals surface area (Å²) in [6, 6.07) is 80.8. The molecule has 33 heteroatoms. The fourth-order valence-corrected chi connectivity index (χ4v) is 19.8. The molecule has 5 aliphatic heterocycles. The van der Waals surface area contributed by atoms with Crippen LogP contribution in [0.25, 0.3) is 0 Å². The monoisotopic (exact) mass is 2080 g/mol. The van der Waals surface area contributed by atoms with Crippen LogP contribution < -0.4 is 10.6 Å². The van der Waals surface area contributed by atoms with Crippen molar-refractivity contribution >= 4 is 107 Å². The molecule has 5 atom stereocenters. The smallest absolute Gasteiger partial charge is 0.334 e. The van der Waals surface area contributed by atoms with Crippen molar-refractivity contribution in [3.63, 3.8) is 0 Å². The number of sulfone groups is 2.